The van der Waals surface area contributed by atoms with E-state index in [2.05, 4.69) is 0 Å². The molecule has 0 aliphatic rings. The summed E-state index contributed by atoms with van der Waals surface area (Å²) in [5.41, 5.74) is 0. The maximum absolute atomic E-state index is 12.7. The van der Waals surface area contributed by atoms with Crippen molar-refractivity contribution in [1.82, 2.24) is 0 Å². The van der Waals surface area contributed by atoms with Gasteiger partial charge in [-0.3, -0.25) is 9.59 Å². The third kappa shape index (κ3) is 5.27. The van der Waals surface area contributed by atoms with E-state index in [0.717, 1.165) is 0 Å². The van der Waals surface area contributed by atoms with Crippen LogP contribution in [0.4, 0.5) is 8.78 Å². The molecule has 0 aromatic carbocycles. The van der Waals surface area contributed by atoms with E-state index in [1.165, 1.54) is 13.8 Å². The van der Waals surface area contributed by atoms with Gasteiger partial charge in [-0.25, -0.2) is 8.78 Å². The Morgan fingerprint density at radius 3 is 2.08 bits per heavy atom. The van der Waals surface area contributed by atoms with Crippen molar-refractivity contribution in [1.29, 1.82) is 0 Å². The van der Waals surface area contributed by atoms with E-state index >= 15 is 0 Å². The number of carboxylic acid groups (broad SMARTS) is 1. The summed E-state index contributed by atoms with van der Waals surface area (Å²) in [6, 6.07) is 0. The standard InChI is InChI=1S/C8H12F2O3/c1-5(2)6(11)3-8(9,10)4-7(12)13/h5H,3-4H2,1-2H3,(H,12,13). The highest BCUT2D eigenvalue weighted by Gasteiger charge is 2.35. The summed E-state index contributed by atoms with van der Waals surface area (Å²) < 4.78 is 25.4. The topological polar surface area (TPSA) is 54.4 Å². The Kier molecular flexibility index (Phi) is 3.97. The van der Waals surface area contributed by atoms with Crippen LogP contribution in [0.2, 0.25) is 0 Å². The second-order valence-electron chi connectivity index (χ2n) is 3.22. The van der Waals surface area contributed by atoms with Gasteiger partial charge in [0.2, 0.25) is 0 Å². The van der Waals surface area contributed by atoms with E-state index in [9.17, 15) is 18.4 Å². The van der Waals surface area contributed by atoms with Gasteiger partial charge in [0.1, 0.15) is 12.2 Å². The van der Waals surface area contributed by atoms with Crippen LogP contribution in [0.5, 0.6) is 0 Å². The first-order chi connectivity index (χ1) is 5.74. The van der Waals surface area contributed by atoms with Crippen LogP contribution in [0, 0.1) is 5.92 Å². The number of halogens is 2. The highest BCUT2D eigenvalue weighted by Crippen LogP contribution is 2.24. The molecule has 0 heterocycles. The predicted molar refractivity (Wildman–Crippen MR) is 41.7 cm³/mol. The lowest BCUT2D eigenvalue weighted by Gasteiger charge is -2.13. The Morgan fingerprint density at radius 2 is 1.77 bits per heavy atom. The number of rotatable bonds is 5. The number of hydrogen-bond donors (Lipinski definition) is 1. The Labute approximate surface area is 74.7 Å². The zero-order chi connectivity index (χ0) is 10.6. The largest absolute Gasteiger partial charge is 0.481 e. The van der Waals surface area contributed by atoms with Crippen molar-refractivity contribution in [2.45, 2.75) is 32.6 Å². The molecule has 0 saturated carbocycles. The number of alkyl halides is 2. The lowest BCUT2D eigenvalue weighted by Crippen LogP contribution is -2.26. The molecule has 0 spiro atoms. The van der Waals surface area contributed by atoms with Gasteiger partial charge in [-0.05, 0) is 0 Å². The lowest BCUT2D eigenvalue weighted by molar-refractivity contribution is -0.147. The maximum Gasteiger partial charge on any atom is 0.309 e. The third-order valence-electron chi connectivity index (χ3n) is 1.49. The van der Waals surface area contributed by atoms with Crippen molar-refractivity contribution in [2.75, 3.05) is 0 Å². The minimum absolute atomic E-state index is 0.486. The lowest BCUT2D eigenvalue weighted by atomic mass is 10.0. The van der Waals surface area contributed by atoms with Crippen molar-refractivity contribution >= 4 is 11.8 Å². The molecule has 0 aliphatic heterocycles. The Morgan fingerprint density at radius 1 is 1.31 bits per heavy atom. The molecule has 13 heavy (non-hydrogen) atoms. The summed E-state index contributed by atoms with van der Waals surface area (Å²) in [6.07, 6.45) is -2.28. The highest BCUT2D eigenvalue weighted by atomic mass is 19.3. The Hall–Kier alpha value is -1.00. The molecular weight excluding hydrogens is 182 g/mol. The number of ketones is 1. The van der Waals surface area contributed by atoms with Gasteiger partial charge in [-0.15, -0.1) is 0 Å². The fourth-order valence-corrected chi connectivity index (χ4v) is 0.743. The minimum Gasteiger partial charge on any atom is -0.481 e. The average Bonchev–Trinajstić information content (AvgIpc) is 1.81. The number of carbonyl (C=O) groups is 2. The van der Waals surface area contributed by atoms with Gasteiger partial charge in [0, 0.05) is 5.92 Å². The number of carboxylic acids is 1. The molecule has 0 aromatic rings. The molecule has 5 heteroatoms. The van der Waals surface area contributed by atoms with Crippen molar-refractivity contribution in [3.8, 4) is 0 Å². The highest BCUT2D eigenvalue weighted by molar-refractivity contribution is 5.81. The SMILES string of the molecule is CC(C)C(=O)CC(F)(F)CC(=O)O. The van der Waals surface area contributed by atoms with Crippen LogP contribution in [0.15, 0.2) is 0 Å². The van der Waals surface area contributed by atoms with E-state index in [-0.39, 0.29) is 0 Å². The first-order valence-corrected chi connectivity index (χ1v) is 3.87. The molecule has 0 unspecified atom stereocenters. The van der Waals surface area contributed by atoms with E-state index in [0.29, 0.717) is 0 Å². The smallest absolute Gasteiger partial charge is 0.309 e. The van der Waals surface area contributed by atoms with Crippen LogP contribution in [-0.2, 0) is 9.59 Å². The van der Waals surface area contributed by atoms with Crippen LogP contribution in [0.1, 0.15) is 26.7 Å². The first kappa shape index (κ1) is 12.0. The van der Waals surface area contributed by atoms with Crippen LogP contribution >= 0.6 is 0 Å². The number of hydrogen-bond acceptors (Lipinski definition) is 2. The third-order valence-corrected chi connectivity index (χ3v) is 1.49. The van der Waals surface area contributed by atoms with Crippen LogP contribution < -0.4 is 0 Å². The molecule has 0 atom stereocenters. The van der Waals surface area contributed by atoms with Gasteiger partial charge < -0.3 is 5.11 Å². The number of carbonyl (C=O) groups excluding carboxylic acids is 1. The average molecular weight is 194 g/mol. The summed E-state index contributed by atoms with van der Waals surface area (Å²) in [7, 11) is 0. The minimum atomic E-state index is -3.42. The summed E-state index contributed by atoms with van der Waals surface area (Å²) in [6.45, 7) is 3.00. The zero-order valence-electron chi connectivity index (χ0n) is 7.51. The van der Waals surface area contributed by atoms with Gasteiger partial charge in [-0.2, -0.15) is 0 Å². The first-order valence-electron chi connectivity index (χ1n) is 3.87. The normalized spacial score (nSPS) is 11.8. The second kappa shape index (κ2) is 4.30. The monoisotopic (exact) mass is 194 g/mol. The van der Waals surface area contributed by atoms with E-state index < -0.39 is 36.4 Å². The fourth-order valence-electron chi connectivity index (χ4n) is 0.743. The molecule has 0 aromatic heterocycles. The molecule has 0 aliphatic carbocycles. The molecule has 76 valence electrons. The fraction of sp³-hybridized carbons (Fsp3) is 0.750. The summed E-state index contributed by atoms with van der Waals surface area (Å²) in [5.74, 6) is -6.12. The summed E-state index contributed by atoms with van der Waals surface area (Å²) >= 11 is 0. The zero-order valence-corrected chi connectivity index (χ0v) is 7.51. The molecule has 0 fully saturated rings. The van der Waals surface area contributed by atoms with Crippen molar-refractivity contribution < 1.29 is 23.5 Å². The maximum atomic E-state index is 12.7. The second-order valence-corrected chi connectivity index (χ2v) is 3.22. The molecule has 0 amide bonds. The van der Waals surface area contributed by atoms with Crippen molar-refractivity contribution in [3.05, 3.63) is 0 Å². The van der Waals surface area contributed by atoms with Crippen LogP contribution in [-0.4, -0.2) is 22.8 Å². The molecule has 0 rings (SSSR count). The van der Waals surface area contributed by atoms with Gasteiger partial charge in [0.25, 0.3) is 5.92 Å². The molecule has 0 radical (unpaired) electrons. The van der Waals surface area contributed by atoms with Gasteiger partial charge >= 0.3 is 5.97 Å². The van der Waals surface area contributed by atoms with Crippen molar-refractivity contribution in [2.24, 2.45) is 5.92 Å². The predicted octanol–water partition coefficient (Wildman–Crippen LogP) is 1.71. The molecule has 0 saturated heterocycles. The molecular formula is C8H12F2O3. The quantitative estimate of drug-likeness (QED) is 0.724. The van der Waals surface area contributed by atoms with Crippen molar-refractivity contribution in [3.63, 3.8) is 0 Å². The van der Waals surface area contributed by atoms with Crippen LogP contribution in [0.3, 0.4) is 0 Å². The van der Waals surface area contributed by atoms with E-state index in [1.54, 1.807) is 0 Å². The van der Waals surface area contributed by atoms with Gasteiger partial charge in [-0.1, -0.05) is 13.8 Å². The number of Topliss-reactive ketones (excluding diaryl/α,β-unsaturated/α-hetero) is 1. The number of aliphatic carboxylic acids is 1. The van der Waals surface area contributed by atoms with E-state index in [1.807, 2.05) is 0 Å². The summed E-state index contributed by atoms with van der Waals surface area (Å²) in [5, 5.41) is 8.11. The molecule has 3 nitrogen and oxygen atoms in total. The van der Waals surface area contributed by atoms with E-state index in [4.69, 9.17) is 5.11 Å². The van der Waals surface area contributed by atoms with Gasteiger partial charge in [0.05, 0.1) is 6.42 Å². The molecule has 0 bridgehead atoms. The molecule has 1 N–H and O–H groups in total. The van der Waals surface area contributed by atoms with Gasteiger partial charge in [0.15, 0.2) is 0 Å². The van der Waals surface area contributed by atoms with Crippen LogP contribution in [0.25, 0.3) is 0 Å². The summed E-state index contributed by atoms with van der Waals surface area (Å²) in [4.78, 5) is 20.8. The Bertz CT molecular complexity index is 211. The Balaban J connectivity index is 4.16.